The van der Waals surface area contributed by atoms with Crippen molar-refractivity contribution in [1.29, 1.82) is 0 Å². The molecule has 1 unspecified atom stereocenters. The third-order valence-corrected chi connectivity index (χ3v) is 7.23. The van der Waals surface area contributed by atoms with Gasteiger partial charge in [0.2, 0.25) is 0 Å². The Bertz CT molecular complexity index is 421. The van der Waals surface area contributed by atoms with Gasteiger partial charge in [0.25, 0.3) is 0 Å². The number of hydrogen-bond donors (Lipinski definition) is 0. The Morgan fingerprint density at radius 1 is 1.00 bits per heavy atom. The van der Waals surface area contributed by atoms with Crippen molar-refractivity contribution in [2.45, 2.75) is 38.7 Å². The van der Waals surface area contributed by atoms with E-state index in [2.05, 4.69) is 69.3 Å². The monoisotopic (exact) mass is 242 g/mol. The Balaban J connectivity index is 2.39. The molecule has 0 saturated heterocycles. The summed E-state index contributed by atoms with van der Waals surface area (Å²) in [6.07, 6.45) is 9.61. The molecule has 1 heteroatoms. The van der Waals surface area contributed by atoms with E-state index in [0.29, 0.717) is 5.04 Å². The highest BCUT2D eigenvalue weighted by Gasteiger charge is 2.30. The zero-order chi connectivity index (χ0) is 12.3. The molecular weight excluding hydrogens is 220 g/mol. The van der Waals surface area contributed by atoms with Crippen molar-refractivity contribution < 1.29 is 0 Å². The second kappa shape index (κ2) is 5.05. The first-order valence-electron chi connectivity index (χ1n) is 6.50. The molecule has 0 N–H and O–H groups in total. The van der Waals surface area contributed by atoms with Gasteiger partial charge in [-0.05, 0) is 17.9 Å². The van der Waals surface area contributed by atoms with E-state index in [0.717, 1.165) is 0 Å². The van der Waals surface area contributed by atoms with Gasteiger partial charge in [0, 0.05) is 0 Å². The summed E-state index contributed by atoms with van der Waals surface area (Å²) >= 11 is 0. The zero-order valence-corrected chi connectivity index (χ0v) is 12.3. The first kappa shape index (κ1) is 12.4. The first-order chi connectivity index (χ1) is 8.09. The lowest BCUT2D eigenvalue weighted by Gasteiger charge is -2.31. The molecule has 1 aliphatic rings. The van der Waals surface area contributed by atoms with Crippen molar-refractivity contribution in [3.63, 3.8) is 0 Å². The van der Waals surface area contributed by atoms with Crippen LogP contribution in [0.1, 0.15) is 33.6 Å². The highest BCUT2D eigenvalue weighted by atomic mass is 28.3. The lowest BCUT2D eigenvalue weighted by molar-refractivity contribution is 0.747. The molecule has 1 atom stereocenters. The Hall–Kier alpha value is -1.08. The normalized spacial score (nSPS) is 17.7. The molecule has 0 nitrogen and oxygen atoms in total. The Kier molecular flexibility index (Phi) is 3.68. The topological polar surface area (TPSA) is 0 Å². The van der Waals surface area contributed by atoms with Gasteiger partial charge in [-0.1, -0.05) is 79.7 Å². The summed E-state index contributed by atoms with van der Waals surface area (Å²) in [5.41, 5.74) is 0. The third-order valence-electron chi connectivity index (χ3n) is 3.36. The zero-order valence-electron chi connectivity index (χ0n) is 11.1. The average molecular weight is 242 g/mol. The second-order valence-corrected chi connectivity index (χ2v) is 9.82. The predicted octanol–water partition coefficient (Wildman–Crippen LogP) is 3.74. The van der Waals surface area contributed by atoms with Gasteiger partial charge >= 0.3 is 0 Å². The number of benzene rings is 1. The van der Waals surface area contributed by atoms with Crippen molar-refractivity contribution in [2.24, 2.45) is 0 Å². The van der Waals surface area contributed by atoms with Crippen LogP contribution < -0.4 is 5.19 Å². The minimum atomic E-state index is -1.09. The van der Waals surface area contributed by atoms with Gasteiger partial charge in [0.15, 0.2) is 0 Å². The van der Waals surface area contributed by atoms with Gasteiger partial charge in [-0.3, -0.25) is 0 Å². The molecule has 0 fully saturated rings. The van der Waals surface area contributed by atoms with Crippen LogP contribution in [0.4, 0.5) is 0 Å². The van der Waals surface area contributed by atoms with Crippen molar-refractivity contribution in [1.82, 2.24) is 0 Å². The number of rotatable bonds is 2. The molecule has 0 radical (unpaired) electrons. The standard InChI is InChI=1S/C16H22Si/c1-16(2,3)17(14-10-6-4-7-11-14)15-12-8-5-9-13-15/h4,6-8,10-13,17H,5,9H2,1-3H3. The van der Waals surface area contributed by atoms with Gasteiger partial charge in [-0.25, -0.2) is 0 Å². The fourth-order valence-corrected chi connectivity index (χ4v) is 6.41. The molecule has 1 aromatic rings. The molecular formula is C16H22Si. The average Bonchev–Trinajstić information content (AvgIpc) is 2.30. The maximum Gasteiger partial charge on any atom is 0.107 e. The maximum atomic E-state index is 2.47. The summed E-state index contributed by atoms with van der Waals surface area (Å²) in [5.74, 6) is 0. The molecule has 90 valence electrons. The number of hydrogen-bond acceptors (Lipinski definition) is 0. The summed E-state index contributed by atoms with van der Waals surface area (Å²) < 4.78 is 0. The van der Waals surface area contributed by atoms with Crippen LogP contribution in [0.5, 0.6) is 0 Å². The van der Waals surface area contributed by atoms with Gasteiger partial charge in [-0.2, -0.15) is 0 Å². The lowest BCUT2D eigenvalue weighted by Crippen LogP contribution is -2.40. The lowest BCUT2D eigenvalue weighted by atomic mass is 10.2. The van der Waals surface area contributed by atoms with E-state index in [4.69, 9.17) is 0 Å². The van der Waals surface area contributed by atoms with E-state index in [1.807, 2.05) is 0 Å². The SMILES string of the molecule is CC(C)(C)[SiH](C1=CCCC=C1)c1ccccc1. The van der Waals surface area contributed by atoms with Gasteiger partial charge < -0.3 is 0 Å². The van der Waals surface area contributed by atoms with Gasteiger partial charge in [0.05, 0.1) is 0 Å². The van der Waals surface area contributed by atoms with Crippen molar-refractivity contribution in [2.75, 3.05) is 0 Å². The fourth-order valence-electron chi connectivity index (χ4n) is 2.69. The molecule has 0 saturated carbocycles. The van der Waals surface area contributed by atoms with Gasteiger partial charge in [0.1, 0.15) is 8.80 Å². The Labute approximate surface area is 107 Å². The summed E-state index contributed by atoms with van der Waals surface area (Å²) in [7, 11) is -1.09. The smallest absolute Gasteiger partial charge is 0.0849 e. The highest BCUT2D eigenvalue weighted by molar-refractivity contribution is 6.82. The maximum absolute atomic E-state index is 2.47. The summed E-state index contributed by atoms with van der Waals surface area (Å²) in [6.45, 7) is 7.17. The van der Waals surface area contributed by atoms with Crippen molar-refractivity contribution in [3.05, 3.63) is 53.8 Å². The number of allylic oxidation sites excluding steroid dienone is 4. The molecule has 0 heterocycles. The van der Waals surface area contributed by atoms with Crippen LogP contribution in [0, 0.1) is 0 Å². The fraction of sp³-hybridized carbons (Fsp3) is 0.375. The van der Waals surface area contributed by atoms with E-state index >= 15 is 0 Å². The van der Waals surface area contributed by atoms with Crippen LogP contribution in [0.15, 0.2) is 53.8 Å². The summed E-state index contributed by atoms with van der Waals surface area (Å²) in [6, 6.07) is 11.1. The van der Waals surface area contributed by atoms with Crippen molar-refractivity contribution >= 4 is 14.0 Å². The molecule has 0 spiro atoms. The van der Waals surface area contributed by atoms with Crippen LogP contribution in [0.2, 0.25) is 5.04 Å². The largest absolute Gasteiger partial charge is 0.107 e. The van der Waals surface area contributed by atoms with E-state index < -0.39 is 8.80 Å². The highest BCUT2D eigenvalue weighted by Crippen LogP contribution is 2.32. The molecule has 1 aromatic carbocycles. The molecule has 0 amide bonds. The minimum Gasteiger partial charge on any atom is -0.0849 e. The van der Waals surface area contributed by atoms with E-state index in [9.17, 15) is 0 Å². The molecule has 0 aliphatic heterocycles. The van der Waals surface area contributed by atoms with Crippen LogP contribution in [-0.4, -0.2) is 8.80 Å². The predicted molar refractivity (Wildman–Crippen MR) is 79.4 cm³/mol. The van der Waals surface area contributed by atoms with E-state index in [1.165, 1.54) is 12.8 Å². The minimum absolute atomic E-state index is 0.398. The molecule has 0 bridgehead atoms. The van der Waals surface area contributed by atoms with Gasteiger partial charge in [-0.15, -0.1) is 0 Å². The first-order valence-corrected chi connectivity index (χ1v) is 8.24. The van der Waals surface area contributed by atoms with Crippen molar-refractivity contribution in [3.8, 4) is 0 Å². The molecule has 17 heavy (non-hydrogen) atoms. The molecule has 2 rings (SSSR count). The van der Waals surface area contributed by atoms with Crippen LogP contribution in [0.25, 0.3) is 0 Å². The molecule has 0 aromatic heterocycles. The quantitative estimate of drug-likeness (QED) is 0.693. The Morgan fingerprint density at radius 3 is 2.24 bits per heavy atom. The van der Waals surface area contributed by atoms with E-state index in [1.54, 1.807) is 10.4 Å². The molecule has 1 aliphatic carbocycles. The Morgan fingerprint density at radius 2 is 1.71 bits per heavy atom. The van der Waals surface area contributed by atoms with E-state index in [-0.39, 0.29) is 0 Å². The second-order valence-electron chi connectivity index (χ2n) is 5.89. The van der Waals surface area contributed by atoms with Crippen LogP contribution in [0.3, 0.4) is 0 Å². The van der Waals surface area contributed by atoms with Crippen LogP contribution >= 0.6 is 0 Å². The summed E-state index contributed by atoms with van der Waals surface area (Å²) in [4.78, 5) is 0. The third kappa shape index (κ3) is 2.98. The summed E-state index contributed by atoms with van der Waals surface area (Å²) in [5, 5.41) is 3.59. The van der Waals surface area contributed by atoms with Crippen LogP contribution in [-0.2, 0) is 0 Å².